The molecule has 1 N–H and O–H groups in total. The lowest BCUT2D eigenvalue weighted by Crippen LogP contribution is -2.64. The molecule has 0 aromatic carbocycles. The Morgan fingerprint density at radius 1 is 1.24 bits per heavy atom. The molecule has 3 aliphatic rings. The Balaban J connectivity index is 1.72. The van der Waals surface area contributed by atoms with E-state index < -0.39 is 0 Å². The Kier molecular flexibility index (Phi) is 2.96. The van der Waals surface area contributed by atoms with Gasteiger partial charge in [-0.2, -0.15) is 0 Å². The maximum Gasteiger partial charge on any atom is 0.0759 e. The fraction of sp³-hybridized carbons (Fsp3) is 1.00. The van der Waals surface area contributed by atoms with E-state index in [2.05, 4.69) is 31.0 Å². The third-order valence-electron chi connectivity index (χ3n) is 4.64. The van der Waals surface area contributed by atoms with E-state index in [1.54, 1.807) is 0 Å². The largest absolute Gasteiger partial charge is 0.376 e. The smallest absolute Gasteiger partial charge is 0.0759 e. The second-order valence-electron chi connectivity index (χ2n) is 6.81. The number of hydrogen-bond donors (Lipinski definition) is 1. The Hall–Kier alpha value is -0.120. The van der Waals surface area contributed by atoms with Crippen LogP contribution in [0.25, 0.3) is 0 Å². The summed E-state index contributed by atoms with van der Waals surface area (Å²) in [6.07, 6.45) is 4.56. The maximum absolute atomic E-state index is 6.00. The molecule has 2 aliphatic heterocycles. The van der Waals surface area contributed by atoms with Crippen molar-refractivity contribution in [3.63, 3.8) is 0 Å². The van der Waals surface area contributed by atoms with Crippen LogP contribution < -0.4 is 5.32 Å². The number of rotatable bonds is 2. The van der Waals surface area contributed by atoms with Crippen LogP contribution in [0.5, 0.6) is 0 Å². The van der Waals surface area contributed by atoms with Gasteiger partial charge in [-0.1, -0.05) is 0 Å². The predicted molar refractivity (Wildman–Crippen MR) is 69.1 cm³/mol. The van der Waals surface area contributed by atoms with Crippen LogP contribution in [-0.4, -0.2) is 48.3 Å². The molecule has 1 aliphatic carbocycles. The third kappa shape index (κ3) is 2.38. The van der Waals surface area contributed by atoms with Crippen molar-refractivity contribution in [2.75, 3.05) is 19.7 Å². The van der Waals surface area contributed by atoms with Crippen molar-refractivity contribution in [1.82, 2.24) is 10.2 Å². The third-order valence-corrected chi connectivity index (χ3v) is 4.64. The van der Waals surface area contributed by atoms with Gasteiger partial charge in [0.05, 0.1) is 6.10 Å². The predicted octanol–water partition coefficient (Wildman–Crippen LogP) is 1.63. The van der Waals surface area contributed by atoms with Crippen molar-refractivity contribution in [2.45, 2.75) is 63.8 Å². The lowest BCUT2D eigenvalue weighted by molar-refractivity contribution is 0.00465. The Labute approximate surface area is 105 Å². The fourth-order valence-corrected chi connectivity index (χ4v) is 3.48. The molecule has 3 unspecified atom stereocenters. The van der Waals surface area contributed by atoms with Gasteiger partial charge >= 0.3 is 0 Å². The van der Waals surface area contributed by atoms with E-state index in [9.17, 15) is 0 Å². The average Bonchev–Trinajstić information content (AvgIpc) is 3.00. The summed E-state index contributed by atoms with van der Waals surface area (Å²) in [4.78, 5) is 2.71. The van der Waals surface area contributed by atoms with Crippen molar-refractivity contribution >= 4 is 0 Å². The summed E-state index contributed by atoms with van der Waals surface area (Å²) < 4.78 is 6.00. The summed E-state index contributed by atoms with van der Waals surface area (Å²) in [6, 6.07) is 1.33. The molecule has 3 nitrogen and oxygen atoms in total. The van der Waals surface area contributed by atoms with Gasteiger partial charge in [0, 0.05) is 37.3 Å². The number of piperazine rings is 1. The Morgan fingerprint density at radius 2 is 2.00 bits per heavy atom. The summed E-state index contributed by atoms with van der Waals surface area (Å²) >= 11 is 0. The first kappa shape index (κ1) is 11.9. The summed E-state index contributed by atoms with van der Waals surface area (Å²) in [5.41, 5.74) is 0.253. The molecule has 3 rings (SSSR count). The quantitative estimate of drug-likeness (QED) is 0.791. The second-order valence-corrected chi connectivity index (χ2v) is 6.81. The summed E-state index contributed by atoms with van der Waals surface area (Å²) in [7, 11) is 0. The first-order valence-corrected chi connectivity index (χ1v) is 7.19. The Bertz CT molecular complexity index is 288. The lowest BCUT2D eigenvalue weighted by Gasteiger charge is -2.47. The van der Waals surface area contributed by atoms with Gasteiger partial charge in [0.25, 0.3) is 0 Å². The molecule has 1 saturated carbocycles. The van der Waals surface area contributed by atoms with Crippen LogP contribution in [0.3, 0.4) is 0 Å². The molecule has 3 heteroatoms. The van der Waals surface area contributed by atoms with Crippen molar-refractivity contribution in [2.24, 2.45) is 5.92 Å². The molecule has 3 fully saturated rings. The van der Waals surface area contributed by atoms with Crippen molar-refractivity contribution in [1.29, 1.82) is 0 Å². The monoisotopic (exact) mass is 238 g/mol. The molecule has 2 heterocycles. The van der Waals surface area contributed by atoms with Gasteiger partial charge in [0.15, 0.2) is 0 Å². The highest BCUT2D eigenvalue weighted by molar-refractivity contribution is 5.00. The summed E-state index contributed by atoms with van der Waals surface area (Å²) in [5.74, 6) is 0.868. The molecule has 2 saturated heterocycles. The first-order valence-electron chi connectivity index (χ1n) is 7.19. The maximum atomic E-state index is 6.00. The van der Waals surface area contributed by atoms with Gasteiger partial charge in [-0.05, 0) is 46.0 Å². The van der Waals surface area contributed by atoms with Gasteiger partial charge in [0.2, 0.25) is 0 Å². The zero-order valence-electron chi connectivity index (χ0n) is 11.4. The van der Waals surface area contributed by atoms with E-state index in [4.69, 9.17) is 4.74 Å². The molecule has 3 atom stereocenters. The molecule has 98 valence electrons. The van der Waals surface area contributed by atoms with Crippen LogP contribution in [-0.2, 0) is 4.74 Å². The van der Waals surface area contributed by atoms with Crippen LogP contribution in [0.1, 0.15) is 40.0 Å². The Morgan fingerprint density at radius 3 is 2.71 bits per heavy atom. The molecule has 0 amide bonds. The lowest BCUT2D eigenvalue weighted by atomic mass is 9.94. The van der Waals surface area contributed by atoms with Gasteiger partial charge in [0.1, 0.15) is 0 Å². The number of nitrogens with zero attached hydrogens (tertiary/aromatic N) is 1. The zero-order chi connectivity index (χ0) is 12.0. The minimum absolute atomic E-state index is 0.253. The fourth-order valence-electron chi connectivity index (χ4n) is 3.48. The summed E-state index contributed by atoms with van der Waals surface area (Å²) in [6.45, 7) is 10.2. The van der Waals surface area contributed by atoms with Gasteiger partial charge in [-0.25, -0.2) is 0 Å². The van der Waals surface area contributed by atoms with Crippen LogP contribution in [0.15, 0.2) is 0 Å². The van der Waals surface area contributed by atoms with Gasteiger partial charge in [-0.3, -0.25) is 4.90 Å². The molecular formula is C14H26N2O. The minimum atomic E-state index is 0.253. The van der Waals surface area contributed by atoms with Gasteiger partial charge in [-0.15, -0.1) is 0 Å². The topological polar surface area (TPSA) is 24.5 Å². The molecule has 17 heavy (non-hydrogen) atoms. The van der Waals surface area contributed by atoms with Gasteiger partial charge < -0.3 is 10.1 Å². The molecule has 0 aromatic heterocycles. The van der Waals surface area contributed by atoms with Crippen LogP contribution in [0, 0.1) is 5.92 Å². The molecular weight excluding hydrogens is 212 g/mol. The average molecular weight is 238 g/mol. The SMILES string of the molecule is CC1CNC(C)(C)CN1C1CCOC1C1CC1. The van der Waals surface area contributed by atoms with E-state index in [0.29, 0.717) is 18.2 Å². The van der Waals surface area contributed by atoms with E-state index in [-0.39, 0.29) is 5.54 Å². The number of hydrogen-bond acceptors (Lipinski definition) is 3. The van der Waals surface area contributed by atoms with Crippen LogP contribution >= 0.6 is 0 Å². The number of ether oxygens (including phenoxy) is 1. The highest BCUT2D eigenvalue weighted by Gasteiger charge is 2.46. The minimum Gasteiger partial charge on any atom is -0.376 e. The van der Waals surface area contributed by atoms with Crippen molar-refractivity contribution < 1.29 is 4.74 Å². The number of nitrogens with one attached hydrogen (secondary N) is 1. The molecule has 0 aromatic rings. The first-order chi connectivity index (χ1) is 8.07. The van der Waals surface area contributed by atoms with Crippen molar-refractivity contribution in [3.8, 4) is 0 Å². The molecule has 0 bridgehead atoms. The van der Waals surface area contributed by atoms with E-state index >= 15 is 0 Å². The summed E-state index contributed by atoms with van der Waals surface area (Å²) in [5, 5.41) is 3.64. The van der Waals surface area contributed by atoms with Crippen molar-refractivity contribution in [3.05, 3.63) is 0 Å². The zero-order valence-corrected chi connectivity index (χ0v) is 11.4. The standard InChI is InChI=1S/C14H26N2O/c1-10-8-15-14(2,3)9-16(10)12-6-7-17-13(12)11-4-5-11/h10-13,15H,4-9H2,1-3H3. The molecule has 0 radical (unpaired) electrons. The molecule has 0 spiro atoms. The second kappa shape index (κ2) is 4.22. The van der Waals surface area contributed by atoms with Crippen LogP contribution in [0.2, 0.25) is 0 Å². The van der Waals surface area contributed by atoms with E-state index in [1.165, 1.54) is 19.3 Å². The van der Waals surface area contributed by atoms with Crippen LogP contribution in [0.4, 0.5) is 0 Å². The highest BCUT2D eigenvalue weighted by Crippen LogP contribution is 2.41. The van der Waals surface area contributed by atoms with E-state index in [0.717, 1.165) is 25.6 Å². The van der Waals surface area contributed by atoms with E-state index in [1.807, 2.05) is 0 Å². The highest BCUT2D eigenvalue weighted by atomic mass is 16.5. The normalized spacial score (nSPS) is 42.9.